The minimum absolute atomic E-state index is 0. The first-order valence-corrected chi connectivity index (χ1v) is 5.76. The Kier molecular flexibility index (Phi) is 7.49. The molecule has 88 valence electrons. The zero-order valence-electron chi connectivity index (χ0n) is 10.6. The maximum absolute atomic E-state index is 5.64. The fourth-order valence-electron chi connectivity index (χ4n) is 1.69. The van der Waals surface area contributed by atoms with Crippen molar-refractivity contribution in [1.82, 2.24) is 10.6 Å². The first-order chi connectivity index (χ1) is 7.90. The molecule has 5 heteroatoms. The SMILES string of the molecule is CC[N-]CCCOC1=CNC2NC=CC2=C1.[K+]. The van der Waals surface area contributed by atoms with E-state index in [1.165, 1.54) is 5.57 Å². The van der Waals surface area contributed by atoms with Gasteiger partial charge in [-0.3, -0.25) is 0 Å². The van der Waals surface area contributed by atoms with Crippen LogP contribution in [-0.4, -0.2) is 25.9 Å². The summed E-state index contributed by atoms with van der Waals surface area (Å²) in [6.07, 6.45) is 9.18. The second kappa shape index (κ2) is 8.34. The molecule has 4 nitrogen and oxygen atoms in total. The van der Waals surface area contributed by atoms with E-state index >= 15 is 0 Å². The number of allylic oxidation sites excluding steroid dienone is 1. The molecular weight excluding hydrogens is 241 g/mol. The van der Waals surface area contributed by atoms with E-state index in [9.17, 15) is 0 Å². The van der Waals surface area contributed by atoms with Crippen LogP contribution >= 0.6 is 0 Å². The minimum Gasteiger partial charge on any atom is -0.662 e. The summed E-state index contributed by atoms with van der Waals surface area (Å²) in [6.45, 7) is 4.56. The number of nitrogens with zero attached hydrogens (tertiary/aromatic N) is 1. The average molecular weight is 259 g/mol. The monoisotopic (exact) mass is 259 g/mol. The van der Waals surface area contributed by atoms with Crippen LogP contribution in [0.2, 0.25) is 0 Å². The Morgan fingerprint density at radius 1 is 1.41 bits per heavy atom. The summed E-state index contributed by atoms with van der Waals surface area (Å²) in [5, 5.41) is 10.7. The number of hydrogen-bond donors (Lipinski definition) is 2. The topological polar surface area (TPSA) is 47.4 Å². The standard InChI is InChI=1S/C12H18N3O.K/c1-2-13-5-3-7-16-11-8-10-4-6-14-12(10)15-9-11;/h4,6,8-9,12,14-15H,2-3,5,7H2,1H3;/q-1;+1. The van der Waals surface area contributed by atoms with Crippen LogP contribution in [0.4, 0.5) is 0 Å². The van der Waals surface area contributed by atoms with Crippen LogP contribution < -0.4 is 62.0 Å². The first-order valence-electron chi connectivity index (χ1n) is 5.76. The molecule has 0 aromatic carbocycles. The smallest absolute Gasteiger partial charge is 0.662 e. The van der Waals surface area contributed by atoms with E-state index in [1.807, 2.05) is 12.4 Å². The van der Waals surface area contributed by atoms with E-state index < -0.39 is 0 Å². The minimum atomic E-state index is 0. The number of fused-ring (bicyclic) bond motifs is 1. The second-order valence-corrected chi connectivity index (χ2v) is 3.76. The van der Waals surface area contributed by atoms with Crippen molar-refractivity contribution >= 4 is 0 Å². The zero-order chi connectivity index (χ0) is 11.2. The van der Waals surface area contributed by atoms with Crippen molar-refractivity contribution in [2.45, 2.75) is 19.5 Å². The molecule has 2 aliphatic heterocycles. The summed E-state index contributed by atoms with van der Waals surface area (Å²) >= 11 is 0. The zero-order valence-corrected chi connectivity index (χ0v) is 13.7. The van der Waals surface area contributed by atoms with Gasteiger partial charge in [-0.1, -0.05) is 6.92 Å². The third-order valence-electron chi connectivity index (χ3n) is 2.53. The molecule has 0 bridgehead atoms. The quantitative estimate of drug-likeness (QED) is 0.456. The summed E-state index contributed by atoms with van der Waals surface area (Å²) in [4.78, 5) is 0. The van der Waals surface area contributed by atoms with Crippen molar-refractivity contribution < 1.29 is 56.1 Å². The maximum atomic E-state index is 5.64. The molecule has 0 fully saturated rings. The van der Waals surface area contributed by atoms with Gasteiger partial charge in [0.2, 0.25) is 0 Å². The summed E-state index contributed by atoms with van der Waals surface area (Å²) in [5.74, 6) is 0.899. The fraction of sp³-hybridized carbons (Fsp3) is 0.500. The summed E-state index contributed by atoms with van der Waals surface area (Å²) in [7, 11) is 0. The van der Waals surface area contributed by atoms with Gasteiger partial charge in [-0.15, -0.1) is 6.54 Å². The van der Waals surface area contributed by atoms with Crippen LogP contribution in [0.1, 0.15) is 13.3 Å². The van der Waals surface area contributed by atoms with Gasteiger partial charge in [-0.2, -0.15) is 6.54 Å². The average Bonchev–Trinajstić information content (AvgIpc) is 2.76. The van der Waals surface area contributed by atoms with E-state index in [4.69, 9.17) is 4.74 Å². The van der Waals surface area contributed by atoms with Crippen molar-refractivity contribution in [2.75, 3.05) is 19.7 Å². The molecule has 2 rings (SSSR count). The molecule has 0 aromatic rings. The molecule has 0 aliphatic carbocycles. The van der Waals surface area contributed by atoms with E-state index in [0.29, 0.717) is 0 Å². The Morgan fingerprint density at radius 2 is 2.29 bits per heavy atom. The number of dihydropyridines is 1. The largest absolute Gasteiger partial charge is 1.00 e. The first kappa shape index (κ1) is 15.3. The molecule has 17 heavy (non-hydrogen) atoms. The van der Waals surface area contributed by atoms with Crippen LogP contribution in [0.3, 0.4) is 0 Å². The van der Waals surface area contributed by atoms with Crippen molar-refractivity contribution in [3.8, 4) is 0 Å². The molecule has 2 N–H and O–H groups in total. The van der Waals surface area contributed by atoms with Crippen LogP contribution in [0, 0.1) is 0 Å². The van der Waals surface area contributed by atoms with Crippen molar-refractivity contribution in [3.63, 3.8) is 0 Å². The normalized spacial score (nSPS) is 20.4. The molecular formula is C12H18KN3O. The Labute approximate surface area is 145 Å². The van der Waals surface area contributed by atoms with Crippen molar-refractivity contribution in [1.29, 1.82) is 0 Å². The molecule has 0 spiro atoms. The molecule has 0 aromatic heterocycles. The molecule has 0 amide bonds. The fourth-order valence-corrected chi connectivity index (χ4v) is 1.69. The molecule has 0 radical (unpaired) electrons. The Balaban J connectivity index is 0.00000144. The predicted octanol–water partition coefficient (Wildman–Crippen LogP) is -1.40. The predicted molar refractivity (Wildman–Crippen MR) is 64.7 cm³/mol. The van der Waals surface area contributed by atoms with Gasteiger partial charge in [-0.25, -0.2) is 0 Å². The van der Waals surface area contributed by atoms with E-state index in [1.54, 1.807) is 0 Å². The third kappa shape index (κ3) is 4.77. The van der Waals surface area contributed by atoms with Gasteiger partial charge < -0.3 is 20.7 Å². The van der Waals surface area contributed by atoms with Gasteiger partial charge in [0.1, 0.15) is 11.9 Å². The van der Waals surface area contributed by atoms with E-state index in [2.05, 4.69) is 35.0 Å². The molecule has 1 atom stereocenters. The molecule has 0 saturated heterocycles. The van der Waals surface area contributed by atoms with Gasteiger partial charge in [0.05, 0.1) is 6.61 Å². The molecule has 2 heterocycles. The van der Waals surface area contributed by atoms with Crippen LogP contribution in [0.25, 0.3) is 5.32 Å². The van der Waals surface area contributed by atoms with Crippen LogP contribution in [0.5, 0.6) is 0 Å². The van der Waals surface area contributed by atoms with Gasteiger partial charge >= 0.3 is 51.4 Å². The number of ether oxygens (including phenoxy) is 1. The molecule has 2 aliphatic rings. The molecule has 1 unspecified atom stereocenters. The number of nitrogens with one attached hydrogen (secondary N) is 2. The Morgan fingerprint density at radius 3 is 3.12 bits per heavy atom. The molecule has 0 saturated carbocycles. The number of rotatable bonds is 6. The van der Waals surface area contributed by atoms with Gasteiger partial charge in [0.25, 0.3) is 0 Å². The summed E-state index contributed by atoms with van der Waals surface area (Å²) in [6, 6.07) is 0. The van der Waals surface area contributed by atoms with Gasteiger partial charge in [0.15, 0.2) is 0 Å². The number of hydrogen-bond acceptors (Lipinski definition) is 3. The Bertz CT molecular complexity index is 326. The van der Waals surface area contributed by atoms with Crippen molar-refractivity contribution in [2.24, 2.45) is 0 Å². The van der Waals surface area contributed by atoms with Crippen LogP contribution in [0.15, 0.2) is 35.9 Å². The van der Waals surface area contributed by atoms with E-state index in [-0.39, 0.29) is 57.6 Å². The Hall–Kier alpha value is 0.216. The maximum Gasteiger partial charge on any atom is 1.00 e. The second-order valence-electron chi connectivity index (χ2n) is 3.76. The van der Waals surface area contributed by atoms with Crippen LogP contribution in [-0.2, 0) is 4.74 Å². The van der Waals surface area contributed by atoms with Gasteiger partial charge in [-0.05, 0) is 30.3 Å². The van der Waals surface area contributed by atoms with Gasteiger partial charge in [0, 0.05) is 6.20 Å². The summed E-state index contributed by atoms with van der Waals surface area (Å²) in [5.41, 5.74) is 1.22. The summed E-state index contributed by atoms with van der Waals surface area (Å²) < 4.78 is 5.64. The van der Waals surface area contributed by atoms with E-state index in [0.717, 1.165) is 31.9 Å². The van der Waals surface area contributed by atoms with Crippen molar-refractivity contribution in [3.05, 3.63) is 41.2 Å². The third-order valence-corrected chi connectivity index (χ3v) is 2.53.